The van der Waals surface area contributed by atoms with Crippen LogP contribution in [0.2, 0.25) is 10.0 Å². The number of hydrogen-bond acceptors (Lipinski definition) is 7. The summed E-state index contributed by atoms with van der Waals surface area (Å²) in [7, 11) is -3.62. The zero-order chi connectivity index (χ0) is 31.6. The lowest BCUT2D eigenvalue weighted by molar-refractivity contribution is -0.617. The Kier molecular flexibility index (Phi) is 9.78. The summed E-state index contributed by atoms with van der Waals surface area (Å²) in [6.45, 7) is -0.570. The number of amides is 2. The lowest BCUT2D eigenvalue weighted by Crippen LogP contribution is -2.59. The number of benzene rings is 2. The molecule has 0 saturated heterocycles. The molecule has 1 saturated carbocycles. The maximum absolute atomic E-state index is 14.3. The number of fused-ring (bicyclic) bond motifs is 1. The van der Waals surface area contributed by atoms with E-state index in [1.807, 2.05) is 0 Å². The zero-order valence-corrected chi connectivity index (χ0v) is 26.1. The third kappa shape index (κ3) is 6.85. The molecule has 0 radical (unpaired) electrons. The van der Waals surface area contributed by atoms with Gasteiger partial charge in [0.25, 0.3) is 11.8 Å². The van der Waals surface area contributed by atoms with Crippen LogP contribution >= 0.6 is 23.2 Å². The van der Waals surface area contributed by atoms with E-state index in [4.69, 9.17) is 28.0 Å². The normalized spacial score (nSPS) is 22.0. The summed E-state index contributed by atoms with van der Waals surface area (Å²) in [6.07, 6.45) is 4.82. The minimum absolute atomic E-state index is 0.192. The van der Waals surface area contributed by atoms with Crippen molar-refractivity contribution in [1.82, 2.24) is 15.1 Å². The Morgan fingerprint density at radius 2 is 1.86 bits per heavy atom. The highest BCUT2D eigenvalue weighted by Crippen LogP contribution is 2.47. The van der Waals surface area contributed by atoms with Crippen LogP contribution in [-0.4, -0.2) is 48.6 Å². The van der Waals surface area contributed by atoms with E-state index in [-0.39, 0.29) is 29.8 Å². The lowest BCUT2D eigenvalue weighted by Gasteiger charge is -2.49. The first-order valence-corrected chi connectivity index (χ1v) is 16.7. The molecule has 3 aromatic rings. The standard InChI is InChI=1S/C30H32Cl2N4O7S/c1-44(41,42)34-25-8-4-5-9-26(25)36-28(23-13-11-19(31)14-24(23)32)27(21-6-2-3-7-22(21)30(36)39)29(38)33-43-17-20-12-10-18(16-37)15-35(20)40/h2-3,6-7,10-15,25-28,34,37H,4-5,8-9,16-17H2,1H3,(H,33,38)/t25-,26-,27+,28-/m0/s1. The number of pyridine rings is 1. The monoisotopic (exact) mass is 662 g/mol. The predicted molar refractivity (Wildman–Crippen MR) is 163 cm³/mol. The summed E-state index contributed by atoms with van der Waals surface area (Å²) < 4.78 is 28.0. The van der Waals surface area contributed by atoms with E-state index in [0.717, 1.165) is 19.1 Å². The van der Waals surface area contributed by atoms with Crippen LogP contribution in [0.25, 0.3) is 0 Å². The molecular formula is C30H32Cl2N4O7S. The Morgan fingerprint density at radius 1 is 1.11 bits per heavy atom. The maximum atomic E-state index is 14.3. The molecule has 1 aromatic heterocycles. The van der Waals surface area contributed by atoms with Gasteiger partial charge in [-0.15, -0.1) is 0 Å². The number of halogens is 2. The van der Waals surface area contributed by atoms with Gasteiger partial charge in [-0.1, -0.05) is 60.3 Å². The molecule has 0 bridgehead atoms. The van der Waals surface area contributed by atoms with Gasteiger partial charge >= 0.3 is 0 Å². The Hall–Kier alpha value is -3.26. The van der Waals surface area contributed by atoms with Crippen molar-refractivity contribution in [1.29, 1.82) is 0 Å². The van der Waals surface area contributed by atoms with Crippen LogP contribution in [-0.2, 0) is 32.9 Å². The summed E-state index contributed by atoms with van der Waals surface area (Å²) in [5.41, 5.74) is 4.27. The molecule has 1 fully saturated rings. The van der Waals surface area contributed by atoms with E-state index in [9.17, 15) is 28.3 Å². The third-order valence-electron chi connectivity index (χ3n) is 8.02. The van der Waals surface area contributed by atoms with Crippen LogP contribution in [0.3, 0.4) is 0 Å². The lowest BCUT2D eigenvalue weighted by atomic mass is 9.76. The molecule has 11 nitrogen and oxygen atoms in total. The highest BCUT2D eigenvalue weighted by molar-refractivity contribution is 7.88. The quantitative estimate of drug-likeness (QED) is 0.180. The van der Waals surface area contributed by atoms with Crippen LogP contribution in [0.15, 0.2) is 60.8 Å². The van der Waals surface area contributed by atoms with Crippen LogP contribution in [0, 0.1) is 5.21 Å². The molecular weight excluding hydrogens is 631 g/mol. The summed E-state index contributed by atoms with van der Waals surface area (Å²) in [5, 5.41) is 22.2. The van der Waals surface area contributed by atoms with E-state index >= 15 is 0 Å². The van der Waals surface area contributed by atoms with Crippen molar-refractivity contribution in [2.24, 2.45) is 0 Å². The van der Waals surface area contributed by atoms with E-state index in [1.165, 1.54) is 18.3 Å². The zero-order valence-electron chi connectivity index (χ0n) is 23.8. The summed E-state index contributed by atoms with van der Waals surface area (Å²) in [4.78, 5) is 35.5. The first-order chi connectivity index (χ1) is 21.0. The Bertz CT molecular complexity index is 1670. The Labute approximate surface area is 265 Å². The van der Waals surface area contributed by atoms with Gasteiger partial charge in [0.05, 0.1) is 24.8 Å². The topological polar surface area (TPSA) is 152 Å². The van der Waals surface area contributed by atoms with Crippen LogP contribution in [0.1, 0.15) is 70.4 Å². The molecule has 0 unspecified atom stereocenters. The van der Waals surface area contributed by atoms with Gasteiger partial charge in [-0.25, -0.2) is 18.6 Å². The van der Waals surface area contributed by atoms with Gasteiger partial charge in [0.1, 0.15) is 0 Å². The van der Waals surface area contributed by atoms with Gasteiger partial charge in [0.2, 0.25) is 15.7 Å². The molecule has 0 spiro atoms. The first-order valence-electron chi connectivity index (χ1n) is 14.1. The smallest absolute Gasteiger partial charge is 0.255 e. The van der Waals surface area contributed by atoms with E-state index in [1.54, 1.807) is 47.4 Å². The predicted octanol–water partition coefficient (Wildman–Crippen LogP) is 3.51. The largest absolute Gasteiger partial charge is 0.618 e. The number of carbonyl (C=O) groups is 2. The van der Waals surface area contributed by atoms with Crippen molar-refractivity contribution >= 4 is 45.0 Å². The van der Waals surface area contributed by atoms with Gasteiger partial charge in [0, 0.05) is 39.3 Å². The average Bonchev–Trinajstić information content (AvgIpc) is 2.97. The molecule has 4 atom stereocenters. The molecule has 1 aliphatic heterocycles. The molecule has 44 heavy (non-hydrogen) atoms. The van der Waals surface area contributed by atoms with Crippen LogP contribution in [0.4, 0.5) is 0 Å². The molecule has 3 N–H and O–H groups in total. The molecule has 2 amide bonds. The van der Waals surface area contributed by atoms with Gasteiger partial charge in [-0.05, 0) is 48.2 Å². The summed E-state index contributed by atoms with van der Waals surface area (Å²) in [6, 6.07) is 12.5. The van der Waals surface area contributed by atoms with E-state index in [0.29, 0.717) is 44.8 Å². The second kappa shape index (κ2) is 13.4. The van der Waals surface area contributed by atoms with E-state index < -0.39 is 40.0 Å². The van der Waals surface area contributed by atoms with Crippen molar-refractivity contribution in [3.05, 3.63) is 104 Å². The molecule has 14 heteroatoms. The minimum atomic E-state index is -3.62. The molecule has 1 aliphatic carbocycles. The fraction of sp³-hybridized carbons (Fsp3) is 0.367. The van der Waals surface area contributed by atoms with Crippen molar-refractivity contribution in [2.75, 3.05) is 6.26 Å². The van der Waals surface area contributed by atoms with Crippen molar-refractivity contribution in [3.63, 3.8) is 0 Å². The SMILES string of the molecule is CS(=O)(=O)N[C@H]1CCCC[C@@H]1N1C(=O)c2ccccc2[C@@H](C(=O)NOCc2ccc(CO)c[n+]2[O-])[C@@H]1c1ccc(Cl)cc1Cl. The summed E-state index contributed by atoms with van der Waals surface area (Å²) >= 11 is 13.0. The number of aromatic nitrogens is 1. The number of hydroxylamine groups is 1. The fourth-order valence-electron chi connectivity index (χ4n) is 6.13. The molecule has 2 heterocycles. The Morgan fingerprint density at radius 3 is 2.57 bits per heavy atom. The molecule has 2 aromatic carbocycles. The minimum Gasteiger partial charge on any atom is -0.618 e. The number of hydrogen-bond donors (Lipinski definition) is 3. The van der Waals surface area contributed by atoms with Gasteiger partial charge in [-0.3, -0.25) is 14.4 Å². The number of nitrogens with one attached hydrogen (secondary N) is 2. The van der Waals surface area contributed by atoms with Crippen molar-refractivity contribution in [3.8, 4) is 0 Å². The van der Waals surface area contributed by atoms with Gasteiger partial charge in [-0.2, -0.15) is 4.73 Å². The highest BCUT2D eigenvalue weighted by atomic mass is 35.5. The maximum Gasteiger partial charge on any atom is 0.255 e. The van der Waals surface area contributed by atoms with Crippen LogP contribution < -0.4 is 14.9 Å². The van der Waals surface area contributed by atoms with E-state index in [2.05, 4.69) is 10.2 Å². The number of rotatable bonds is 9. The number of nitrogens with zero attached hydrogens (tertiary/aromatic N) is 2. The fourth-order valence-corrected chi connectivity index (χ4v) is 7.48. The Balaban J connectivity index is 1.56. The van der Waals surface area contributed by atoms with Gasteiger partial charge < -0.3 is 15.2 Å². The highest BCUT2D eigenvalue weighted by Gasteiger charge is 2.49. The van der Waals surface area contributed by atoms with Crippen molar-refractivity contribution < 1.29 is 32.7 Å². The summed E-state index contributed by atoms with van der Waals surface area (Å²) in [5.74, 6) is -1.98. The van der Waals surface area contributed by atoms with Crippen LogP contribution in [0.5, 0.6) is 0 Å². The number of aliphatic hydroxyl groups excluding tert-OH is 1. The first kappa shape index (κ1) is 32.1. The third-order valence-corrected chi connectivity index (χ3v) is 9.32. The van der Waals surface area contributed by atoms with Crippen molar-refractivity contribution in [2.45, 2.75) is 62.9 Å². The number of aliphatic hydroxyl groups is 1. The molecule has 234 valence electrons. The molecule has 5 rings (SSSR count). The van der Waals surface area contributed by atoms with Gasteiger partial charge in [0.15, 0.2) is 12.8 Å². The average molecular weight is 664 g/mol. The second-order valence-corrected chi connectivity index (χ2v) is 13.6. The number of carbonyl (C=O) groups excluding carboxylic acids is 2. The second-order valence-electron chi connectivity index (χ2n) is 11.0. The molecule has 2 aliphatic rings. The number of sulfonamides is 1.